The lowest BCUT2D eigenvalue weighted by molar-refractivity contribution is -0.110. The number of morpholine rings is 1. The minimum absolute atomic E-state index is 0.00195. The number of rotatable bonds is 5. The van der Waals surface area contributed by atoms with Crippen molar-refractivity contribution in [2.75, 3.05) is 19.7 Å². The number of aliphatic hydroxyl groups excluding tert-OH is 2. The van der Waals surface area contributed by atoms with Crippen LogP contribution in [0, 0.1) is 0 Å². The van der Waals surface area contributed by atoms with E-state index >= 15 is 0 Å². The number of nitrogens with zero attached hydrogens (tertiary/aromatic N) is 1. The third kappa shape index (κ3) is 3.82. The standard InChI is InChI=1S/C18H23NO3S/c1-13-9-19(10-17(22-13)15-7-8-23-12-15)18(16(21)11-20)14-5-3-2-4-6-14/h2-8,12-13,16-18,20-21H,9-11H2,1H3. The Bertz CT molecular complexity index is 590. The van der Waals surface area contributed by atoms with Crippen molar-refractivity contribution in [3.05, 3.63) is 58.3 Å². The average Bonchev–Trinajstić information content (AvgIpc) is 3.10. The molecule has 0 bridgehead atoms. The molecule has 0 spiro atoms. The molecule has 1 fully saturated rings. The Labute approximate surface area is 141 Å². The summed E-state index contributed by atoms with van der Waals surface area (Å²) in [5, 5.41) is 24.1. The Morgan fingerprint density at radius 2 is 2.04 bits per heavy atom. The Morgan fingerprint density at radius 1 is 1.26 bits per heavy atom. The Balaban J connectivity index is 1.86. The van der Waals surface area contributed by atoms with Gasteiger partial charge in [-0.05, 0) is 34.9 Å². The van der Waals surface area contributed by atoms with Gasteiger partial charge in [-0.2, -0.15) is 11.3 Å². The fourth-order valence-corrected chi connectivity index (χ4v) is 3.98. The summed E-state index contributed by atoms with van der Waals surface area (Å²) < 4.78 is 6.08. The Kier molecular flexibility index (Phi) is 5.46. The van der Waals surface area contributed by atoms with E-state index in [-0.39, 0.29) is 24.9 Å². The van der Waals surface area contributed by atoms with Gasteiger partial charge in [0.2, 0.25) is 0 Å². The highest BCUT2D eigenvalue weighted by Gasteiger charge is 2.34. The second-order valence-corrected chi connectivity index (χ2v) is 6.83. The molecule has 1 aliphatic rings. The van der Waals surface area contributed by atoms with Crippen molar-refractivity contribution in [1.29, 1.82) is 0 Å². The molecule has 2 aromatic rings. The molecule has 23 heavy (non-hydrogen) atoms. The molecule has 4 unspecified atom stereocenters. The number of hydrogen-bond acceptors (Lipinski definition) is 5. The minimum atomic E-state index is -0.814. The molecule has 3 rings (SSSR count). The number of thiophene rings is 1. The topological polar surface area (TPSA) is 52.9 Å². The van der Waals surface area contributed by atoms with Gasteiger partial charge in [0.15, 0.2) is 0 Å². The van der Waals surface area contributed by atoms with Crippen molar-refractivity contribution >= 4 is 11.3 Å². The summed E-state index contributed by atoms with van der Waals surface area (Å²) in [5.41, 5.74) is 2.20. The molecular weight excluding hydrogens is 310 g/mol. The summed E-state index contributed by atoms with van der Waals surface area (Å²) in [6.07, 6.45) is -0.737. The molecule has 2 N–H and O–H groups in total. The molecule has 5 heteroatoms. The van der Waals surface area contributed by atoms with E-state index in [4.69, 9.17) is 4.74 Å². The number of aliphatic hydroxyl groups is 2. The van der Waals surface area contributed by atoms with E-state index < -0.39 is 6.10 Å². The third-order valence-electron chi connectivity index (χ3n) is 4.29. The predicted octanol–water partition coefficient (Wildman–Crippen LogP) is 2.60. The van der Waals surface area contributed by atoms with Gasteiger partial charge in [0.1, 0.15) is 0 Å². The summed E-state index contributed by atoms with van der Waals surface area (Å²) in [4.78, 5) is 2.23. The van der Waals surface area contributed by atoms with Gasteiger partial charge in [-0.1, -0.05) is 30.3 Å². The Hall–Kier alpha value is -1.24. The minimum Gasteiger partial charge on any atom is -0.394 e. The van der Waals surface area contributed by atoms with Gasteiger partial charge in [0, 0.05) is 13.1 Å². The van der Waals surface area contributed by atoms with E-state index in [1.807, 2.05) is 30.3 Å². The average molecular weight is 333 g/mol. The van der Waals surface area contributed by atoms with Gasteiger partial charge in [-0.15, -0.1) is 0 Å². The highest BCUT2D eigenvalue weighted by molar-refractivity contribution is 7.07. The predicted molar refractivity (Wildman–Crippen MR) is 91.5 cm³/mol. The number of ether oxygens (including phenoxy) is 1. The van der Waals surface area contributed by atoms with Crippen LogP contribution in [0.15, 0.2) is 47.2 Å². The largest absolute Gasteiger partial charge is 0.394 e. The molecule has 4 atom stereocenters. The fourth-order valence-electron chi connectivity index (χ4n) is 3.28. The van der Waals surface area contributed by atoms with Gasteiger partial charge in [-0.25, -0.2) is 0 Å². The molecule has 0 saturated carbocycles. The van der Waals surface area contributed by atoms with Crippen molar-refractivity contribution in [3.63, 3.8) is 0 Å². The second kappa shape index (κ2) is 7.55. The van der Waals surface area contributed by atoms with Crippen molar-refractivity contribution in [2.24, 2.45) is 0 Å². The first-order valence-electron chi connectivity index (χ1n) is 7.94. The zero-order valence-electron chi connectivity index (χ0n) is 13.2. The zero-order valence-corrected chi connectivity index (χ0v) is 14.0. The van der Waals surface area contributed by atoms with E-state index in [0.717, 1.165) is 12.1 Å². The molecular formula is C18H23NO3S. The molecule has 0 amide bonds. The smallest absolute Gasteiger partial charge is 0.0967 e. The van der Waals surface area contributed by atoms with Crippen LogP contribution >= 0.6 is 11.3 Å². The van der Waals surface area contributed by atoms with Crippen LogP contribution in [0.25, 0.3) is 0 Å². The maximum atomic E-state index is 10.4. The van der Waals surface area contributed by atoms with E-state index in [1.165, 1.54) is 5.56 Å². The SMILES string of the molecule is CC1CN(C(c2ccccc2)C(O)CO)CC(c2ccsc2)O1. The van der Waals surface area contributed by atoms with Crippen LogP contribution in [0.2, 0.25) is 0 Å². The van der Waals surface area contributed by atoms with Gasteiger partial charge in [0.05, 0.1) is 31.0 Å². The second-order valence-electron chi connectivity index (χ2n) is 6.05. The molecule has 1 aliphatic heterocycles. The number of benzene rings is 1. The Morgan fingerprint density at radius 3 is 2.70 bits per heavy atom. The van der Waals surface area contributed by atoms with Crippen LogP contribution in [0.1, 0.15) is 30.2 Å². The van der Waals surface area contributed by atoms with Gasteiger partial charge < -0.3 is 14.9 Å². The summed E-state index contributed by atoms with van der Waals surface area (Å²) in [6.45, 7) is 3.24. The lowest BCUT2D eigenvalue weighted by Crippen LogP contribution is -2.48. The van der Waals surface area contributed by atoms with Gasteiger partial charge in [-0.3, -0.25) is 4.90 Å². The fraction of sp³-hybridized carbons (Fsp3) is 0.444. The molecule has 124 valence electrons. The van der Waals surface area contributed by atoms with Crippen LogP contribution < -0.4 is 0 Å². The summed E-state index contributed by atoms with van der Waals surface area (Å²) in [5.74, 6) is 0. The molecule has 1 saturated heterocycles. The van der Waals surface area contributed by atoms with Crippen molar-refractivity contribution in [1.82, 2.24) is 4.90 Å². The first-order valence-corrected chi connectivity index (χ1v) is 8.88. The highest BCUT2D eigenvalue weighted by Crippen LogP contribution is 2.33. The summed E-state index contributed by atoms with van der Waals surface area (Å²) in [6, 6.07) is 11.8. The van der Waals surface area contributed by atoms with Crippen LogP contribution in [0.3, 0.4) is 0 Å². The molecule has 0 aliphatic carbocycles. The van der Waals surface area contributed by atoms with Gasteiger partial charge >= 0.3 is 0 Å². The first kappa shape index (κ1) is 16.6. The normalized spacial score (nSPS) is 25.2. The van der Waals surface area contributed by atoms with Crippen LogP contribution in [0.4, 0.5) is 0 Å². The summed E-state index contributed by atoms with van der Waals surface area (Å²) >= 11 is 1.66. The van der Waals surface area contributed by atoms with Crippen molar-refractivity contribution in [2.45, 2.75) is 31.3 Å². The highest BCUT2D eigenvalue weighted by atomic mass is 32.1. The van der Waals surface area contributed by atoms with Crippen molar-refractivity contribution < 1.29 is 14.9 Å². The molecule has 1 aromatic carbocycles. The maximum absolute atomic E-state index is 10.4. The van der Waals surface area contributed by atoms with E-state index in [2.05, 4.69) is 28.7 Å². The molecule has 4 nitrogen and oxygen atoms in total. The quantitative estimate of drug-likeness (QED) is 0.883. The third-order valence-corrected chi connectivity index (χ3v) is 4.99. The van der Waals surface area contributed by atoms with E-state index in [9.17, 15) is 10.2 Å². The lowest BCUT2D eigenvalue weighted by atomic mass is 9.97. The van der Waals surface area contributed by atoms with Gasteiger partial charge in [0.25, 0.3) is 0 Å². The summed E-state index contributed by atoms with van der Waals surface area (Å²) in [7, 11) is 0. The van der Waals surface area contributed by atoms with Crippen LogP contribution in [-0.2, 0) is 4.74 Å². The van der Waals surface area contributed by atoms with E-state index in [1.54, 1.807) is 11.3 Å². The van der Waals surface area contributed by atoms with Crippen molar-refractivity contribution in [3.8, 4) is 0 Å². The zero-order chi connectivity index (χ0) is 16.2. The van der Waals surface area contributed by atoms with Crippen LogP contribution in [-0.4, -0.2) is 47.0 Å². The maximum Gasteiger partial charge on any atom is 0.0967 e. The monoisotopic (exact) mass is 333 g/mol. The lowest BCUT2D eigenvalue weighted by Gasteiger charge is -2.42. The molecule has 2 heterocycles. The molecule has 0 radical (unpaired) electrons. The first-order chi connectivity index (χ1) is 11.2. The van der Waals surface area contributed by atoms with Crippen LogP contribution in [0.5, 0.6) is 0 Å². The van der Waals surface area contributed by atoms with E-state index in [0.29, 0.717) is 6.54 Å². The number of hydrogen-bond donors (Lipinski definition) is 2. The molecule has 1 aromatic heterocycles.